The van der Waals surface area contributed by atoms with Gasteiger partial charge in [0.15, 0.2) is 0 Å². The molecule has 1 fully saturated rings. The summed E-state index contributed by atoms with van der Waals surface area (Å²) < 4.78 is 0. The van der Waals surface area contributed by atoms with E-state index in [9.17, 15) is 4.79 Å². The van der Waals surface area contributed by atoms with Crippen LogP contribution in [0.5, 0.6) is 0 Å². The van der Waals surface area contributed by atoms with Crippen molar-refractivity contribution < 1.29 is 9.90 Å². The Morgan fingerprint density at radius 2 is 2.36 bits per heavy atom. The summed E-state index contributed by atoms with van der Waals surface area (Å²) in [6.07, 6.45) is 3.00. The minimum atomic E-state index is -0.869. The molecule has 0 aromatic rings. The van der Waals surface area contributed by atoms with Gasteiger partial charge in [0.1, 0.15) is 6.04 Å². The van der Waals surface area contributed by atoms with Crippen molar-refractivity contribution in [3.8, 4) is 0 Å². The highest BCUT2D eigenvalue weighted by Crippen LogP contribution is 2.43. The molecule has 0 heterocycles. The molecule has 1 saturated carbocycles. The van der Waals surface area contributed by atoms with Crippen molar-refractivity contribution in [1.29, 1.82) is 0 Å². The third-order valence-electron chi connectivity index (χ3n) is 2.47. The molecule has 1 rings (SSSR count). The lowest BCUT2D eigenvalue weighted by Crippen LogP contribution is -2.30. The minimum absolute atomic E-state index is 0.589. The van der Waals surface area contributed by atoms with Crippen LogP contribution in [-0.4, -0.2) is 17.1 Å². The zero-order valence-corrected chi connectivity index (χ0v) is 6.79. The summed E-state index contributed by atoms with van der Waals surface area (Å²) in [6.45, 7) is 2.14. The fraction of sp³-hybridized carbons (Fsp3) is 0.875. The minimum Gasteiger partial charge on any atom is -0.480 e. The smallest absolute Gasteiger partial charge is 0.320 e. The van der Waals surface area contributed by atoms with Crippen LogP contribution in [0, 0.1) is 11.8 Å². The van der Waals surface area contributed by atoms with Crippen molar-refractivity contribution in [1.82, 2.24) is 0 Å². The van der Waals surface area contributed by atoms with E-state index >= 15 is 0 Å². The van der Waals surface area contributed by atoms with E-state index in [0.717, 1.165) is 12.3 Å². The SMILES string of the molecule is CCC1CC1C[C@@H](N)C(=O)O. The van der Waals surface area contributed by atoms with Gasteiger partial charge < -0.3 is 10.8 Å². The molecule has 0 amide bonds. The van der Waals surface area contributed by atoms with Crippen molar-refractivity contribution >= 4 is 5.97 Å². The topological polar surface area (TPSA) is 63.3 Å². The first kappa shape index (κ1) is 8.53. The molecule has 0 saturated heterocycles. The Hall–Kier alpha value is -0.570. The van der Waals surface area contributed by atoms with Crippen molar-refractivity contribution in [2.45, 2.75) is 32.2 Å². The van der Waals surface area contributed by atoms with Gasteiger partial charge in [0.05, 0.1) is 0 Å². The maximum atomic E-state index is 10.3. The number of carboxylic acid groups (broad SMARTS) is 1. The lowest BCUT2D eigenvalue weighted by Gasteiger charge is -2.03. The summed E-state index contributed by atoms with van der Waals surface area (Å²) in [6, 6.07) is -0.642. The van der Waals surface area contributed by atoms with E-state index in [1.807, 2.05) is 0 Å². The van der Waals surface area contributed by atoms with Gasteiger partial charge in [-0.25, -0.2) is 0 Å². The maximum Gasteiger partial charge on any atom is 0.320 e. The normalized spacial score (nSPS) is 31.5. The number of aliphatic carboxylic acids is 1. The molecule has 0 radical (unpaired) electrons. The van der Waals surface area contributed by atoms with Gasteiger partial charge >= 0.3 is 5.97 Å². The zero-order valence-electron chi connectivity index (χ0n) is 6.79. The Bertz CT molecular complexity index is 158. The molecule has 1 aliphatic carbocycles. The van der Waals surface area contributed by atoms with E-state index < -0.39 is 12.0 Å². The Balaban J connectivity index is 2.18. The van der Waals surface area contributed by atoms with Crippen LogP contribution in [0.15, 0.2) is 0 Å². The maximum absolute atomic E-state index is 10.3. The molecule has 3 atom stereocenters. The molecule has 0 aliphatic heterocycles. The quantitative estimate of drug-likeness (QED) is 0.635. The number of hydrogen-bond acceptors (Lipinski definition) is 2. The Morgan fingerprint density at radius 1 is 1.73 bits per heavy atom. The average Bonchev–Trinajstić information content (AvgIpc) is 2.67. The Morgan fingerprint density at radius 3 is 2.73 bits per heavy atom. The summed E-state index contributed by atoms with van der Waals surface area (Å²) in [5.74, 6) is 0.471. The summed E-state index contributed by atoms with van der Waals surface area (Å²) in [4.78, 5) is 10.3. The van der Waals surface area contributed by atoms with E-state index in [-0.39, 0.29) is 0 Å². The van der Waals surface area contributed by atoms with Crippen molar-refractivity contribution in [3.05, 3.63) is 0 Å². The molecule has 2 unspecified atom stereocenters. The lowest BCUT2D eigenvalue weighted by atomic mass is 10.1. The second-order valence-corrected chi connectivity index (χ2v) is 3.34. The molecular formula is C8H15NO2. The van der Waals surface area contributed by atoms with Crippen LogP contribution in [0.2, 0.25) is 0 Å². The molecule has 0 aromatic carbocycles. The molecule has 0 spiro atoms. The van der Waals surface area contributed by atoms with Gasteiger partial charge in [-0.3, -0.25) is 4.79 Å². The first-order valence-electron chi connectivity index (χ1n) is 4.13. The second kappa shape index (κ2) is 3.22. The van der Waals surface area contributed by atoms with Crippen LogP contribution in [0.25, 0.3) is 0 Å². The number of rotatable bonds is 4. The highest BCUT2D eigenvalue weighted by atomic mass is 16.4. The molecule has 11 heavy (non-hydrogen) atoms. The van der Waals surface area contributed by atoms with Crippen LogP contribution < -0.4 is 5.73 Å². The predicted octanol–water partition coefficient (Wildman–Crippen LogP) is 0.834. The molecule has 3 heteroatoms. The summed E-state index contributed by atoms with van der Waals surface area (Å²) in [5.41, 5.74) is 5.37. The average molecular weight is 157 g/mol. The highest BCUT2D eigenvalue weighted by Gasteiger charge is 2.37. The fourth-order valence-corrected chi connectivity index (χ4v) is 1.53. The highest BCUT2D eigenvalue weighted by molar-refractivity contribution is 5.73. The Kier molecular flexibility index (Phi) is 2.49. The molecule has 1 aliphatic rings. The molecular weight excluding hydrogens is 142 g/mol. The van der Waals surface area contributed by atoms with Crippen molar-refractivity contribution in [2.75, 3.05) is 0 Å². The van der Waals surface area contributed by atoms with Gasteiger partial charge in [-0.15, -0.1) is 0 Å². The third-order valence-corrected chi connectivity index (χ3v) is 2.47. The van der Waals surface area contributed by atoms with Gasteiger partial charge in [-0.05, 0) is 24.7 Å². The summed E-state index contributed by atoms with van der Waals surface area (Å²) >= 11 is 0. The first-order valence-corrected chi connectivity index (χ1v) is 4.13. The lowest BCUT2D eigenvalue weighted by molar-refractivity contribution is -0.138. The standard InChI is InChI=1S/C8H15NO2/c1-2-5-3-6(5)4-7(9)8(10)11/h5-7H,2-4,9H2,1H3,(H,10,11)/t5?,6?,7-/m1/s1. The van der Waals surface area contributed by atoms with E-state index in [4.69, 9.17) is 10.8 Å². The largest absolute Gasteiger partial charge is 0.480 e. The molecule has 0 aromatic heterocycles. The first-order chi connectivity index (χ1) is 5.15. The number of nitrogens with two attached hydrogens (primary N) is 1. The third kappa shape index (κ3) is 2.19. The number of carboxylic acids is 1. The van der Waals surface area contributed by atoms with Crippen LogP contribution in [0.4, 0.5) is 0 Å². The van der Waals surface area contributed by atoms with E-state index in [0.29, 0.717) is 12.3 Å². The van der Waals surface area contributed by atoms with Gasteiger partial charge in [0.25, 0.3) is 0 Å². The molecule has 3 N–H and O–H groups in total. The Labute approximate surface area is 66.6 Å². The summed E-state index contributed by atoms with van der Waals surface area (Å²) in [7, 11) is 0. The van der Waals surface area contributed by atoms with E-state index in [1.165, 1.54) is 6.42 Å². The molecule has 3 nitrogen and oxygen atoms in total. The van der Waals surface area contributed by atoms with Gasteiger partial charge in [-0.1, -0.05) is 13.3 Å². The van der Waals surface area contributed by atoms with Crippen molar-refractivity contribution in [3.63, 3.8) is 0 Å². The second-order valence-electron chi connectivity index (χ2n) is 3.34. The fourth-order valence-electron chi connectivity index (χ4n) is 1.53. The van der Waals surface area contributed by atoms with Crippen LogP contribution in [-0.2, 0) is 4.79 Å². The van der Waals surface area contributed by atoms with Crippen LogP contribution in [0.3, 0.4) is 0 Å². The summed E-state index contributed by atoms with van der Waals surface area (Å²) in [5, 5.41) is 8.49. The van der Waals surface area contributed by atoms with Crippen LogP contribution in [0.1, 0.15) is 26.2 Å². The monoisotopic (exact) mass is 157 g/mol. The zero-order chi connectivity index (χ0) is 8.43. The van der Waals surface area contributed by atoms with Gasteiger partial charge in [0.2, 0.25) is 0 Å². The van der Waals surface area contributed by atoms with E-state index in [2.05, 4.69) is 6.92 Å². The molecule has 0 bridgehead atoms. The van der Waals surface area contributed by atoms with Gasteiger partial charge in [-0.2, -0.15) is 0 Å². The number of hydrogen-bond donors (Lipinski definition) is 2. The number of carbonyl (C=O) groups is 1. The van der Waals surface area contributed by atoms with Gasteiger partial charge in [0, 0.05) is 0 Å². The van der Waals surface area contributed by atoms with E-state index in [1.54, 1.807) is 0 Å². The molecule has 64 valence electrons. The van der Waals surface area contributed by atoms with Crippen molar-refractivity contribution in [2.24, 2.45) is 17.6 Å². The van der Waals surface area contributed by atoms with Crippen LogP contribution >= 0.6 is 0 Å². The predicted molar refractivity (Wildman–Crippen MR) is 42.1 cm³/mol.